The van der Waals surface area contributed by atoms with Crippen LogP contribution in [0.2, 0.25) is 0 Å². The molecule has 8 heteroatoms. The number of fused-ring (bicyclic) bond motifs is 3. The molecule has 6 rings (SSSR count). The van der Waals surface area contributed by atoms with Crippen LogP contribution in [0, 0.1) is 5.82 Å². The summed E-state index contributed by atoms with van der Waals surface area (Å²) in [6, 6.07) is 13.2. The van der Waals surface area contributed by atoms with Gasteiger partial charge in [-0.25, -0.2) is 12.8 Å². The van der Waals surface area contributed by atoms with Crippen molar-refractivity contribution in [2.75, 3.05) is 13.1 Å². The highest BCUT2D eigenvalue weighted by Gasteiger charge is 2.31. The van der Waals surface area contributed by atoms with Gasteiger partial charge in [-0.1, -0.05) is 29.8 Å². The van der Waals surface area contributed by atoms with Gasteiger partial charge in [0.15, 0.2) is 9.84 Å². The fourth-order valence-corrected chi connectivity index (χ4v) is 6.80. The Hall–Kier alpha value is -3.78. The van der Waals surface area contributed by atoms with Crippen molar-refractivity contribution < 1.29 is 17.6 Å². The first-order chi connectivity index (χ1) is 16.9. The zero-order valence-electron chi connectivity index (χ0n) is 18.8. The summed E-state index contributed by atoms with van der Waals surface area (Å²) in [6.45, 7) is 0.961. The van der Waals surface area contributed by atoms with Gasteiger partial charge in [0.2, 0.25) is 0 Å². The molecular weight excluding hydrogens is 465 g/mol. The molecule has 0 atom stereocenters. The molecule has 2 aromatic carbocycles. The van der Waals surface area contributed by atoms with Crippen molar-refractivity contribution in [3.05, 3.63) is 101 Å². The number of nitrogens with zero attached hydrogens (tertiary/aromatic N) is 2. The highest BCUT2D eigenvalue weighted by Crippen LogP contribution is 2.41. The van der Waals surface area contributed by atoms with E-state index in [-0.39, 0.29) is 16.6 Å². The number of H-pyrrole nitrogens is 1. The number of carbonyl (C=O) groups excluding carboxylic acids is 1. The summed E-state index contributed by atoms with van der Waals surface area (Å²) in [4.78, 5) is 22.6. The third kappa shape index (κ3) is 3.65. The van der Waals surface area contributed by atoms with E-state index >= 15 is 0 Å². The molecule has 1 saturated heterocycles. The van der Waals surface area contributed by atoms with Crippen molar-refractivity contribution in [3.63, 3.8) is 0 Å². The Bertz CT molecular complexity index is 1630. The van der Waals surface area contributed by atoms with E-state index in [2.05, 4.69) is 9.97 Å². The number of amides is 1. The minimum absolute atomic E-state index is 0.0927. The lowest BCUT2D eigenvalue weighted by Crippen LogP contribution is -2.36. The molecule has 6 nitrogen and oxygen atoms in total. The fourth-order valence-electron chi connectivity index (χ4n) is 5.21. The first-order valence-corrected chi connectivity index (χ1v) is 13.1. The maximum Gasteiger partial charge on any atom is 0.257 e. The van der Waals surface area contributed by atoms with Gasteiger partial charge < -0.3 is 9.88 Å². The summed E-state index contributed by atoms with van der Waals surface area (Å²) in [5, 5.41) is 0.880. The van der Waals surface area contributed by atoms with Gasteiger partial charge in [0.1, 0.15) is 5.82 Å². The Balaban J connectivity index is 1.41. The van der Waals surface area contributed by atoms with Crippen LogP contribution in [0.1, 0.15) is 39.9 Å². The summed E-state index contributed by atoms with van der Waals surface area (Å²) in [7, 11) is -3.63. The molecule has 0 unspecified atom stereocenters. The van der Waals surface area contributed by atoms with Gasteiger partial charge in [0.25, 0.3) is 5.91 Å². The number of halogens is 1. The molecule has 176 valence electrons. The first kappa shape index (κ1) is 21.7. The second kappa shape index (κ2) is 8.16. The molecule has 4 heterocycles. The summed E-state index contributed by atoms with van der Waals surface area (Å²) in [6.07, 6.45) is 6.23. The van der Waals surface area contributed by atoms with Crippen LogP contribution in [0.15, 0.2) is 77.6 Å². The minimum Gasteiger partial charge on any atom is -0.360 e. The zero-order chi connectivity index (χ0) is 24.2. The number of benzene rings is 2. The van der Waals surface area contributed by atoms with Crippen LogP contribution in [0.4, 0.5) is 4.39 Å². The SMILES string of the molecule is O=C(c1cncc2cc[nH]c12)N1CCC(=C2c3ccccc3CS(=O)(=O)c3ccc(F)cc32)CC1. The van der Waals surface area contributed by atoms with E-state index in [0.29, 0.717) is 42.6 Å². The molecule has 0 bridgehead atoms. The van der Waals surface area contributed by atoms with Crippen LogP contribution in [-0.2, 0) is 15.6 Å². The number of aromatic nitrogens is 2. The molecule has 0 spiro atoms. The van der Waals surface area contributed by atoms with Gasteiger partial charge >= 0.3 is 0 Å². The summed E-state index contributed by atoms with van der Waals surface area (Å²) in [5.74, 6) is -0.698. The van der Waals surface area contributed by atoms with Crippen molar-refractivity contribution in [2.24, 2.45) is 0 Å². The Labute approximate surface area is 202 Å². The van der Waals surface area contributed by atoms with Crippen molar-refractivity contribution in [1.29, 1.82) is 0 Å². The average Bonchev–Trinajstić information content (AvgIpc) is 3.31. The Kier molecular flexibility index (Phi) is 5.07. The van der Waals surface area contributed by atoms with Crippen LogP contribution in [0.3, 0.4) is 0 Å². The maximum absolute atomic E-state index is 14.4. The van der Waals surface area contributed by atoms with Crippen LogP contribution in [0.25, 0.3) is 16.5 Å². The normalized spacial score (nSPS) is 17.1. The average molecular weight is 488 g/mol. The monoisotopic (exact) mass is 487 g/mol. The Morgan fingerprint density at radius 2 is 1.80 bits per heavy atom. The van der Waals surface area contributed by atoms with Gasteiger partial charge in [-0.2, -0.15) is 0 Å². The highest BCUT2D eigenvalue weighted by molar-refractivity contribution is 7.90. The second-order valence-corrected chi connectivity index (χ2v) is 10.9. The number of carbonyl (C=O) groups is 1. The number of aromatic amines is 1. The largest absolute Gasteiger partial charge is 0.360 e. The van der Waals surface area contributed by atoms with Crippen LogP contribution in [-0.4, -0.2) is 42.3 Å². The van der Waals surface area contributed by atoms with Crippen molar-refractivity contribution in [2.45, 2.75) is 23.5 Å². The molecule has 35 heavy (non-hydrogen) atoms. The summed E-state index contributed by atoms with van der Waals surface area (Å²) >= 11 is 0. The summed E-state index contributed by atoms with van der Waals surface area (Å²) in [5.41, 5.74) is 5.02. The number of hydrogen-bond acceptors (Lipinski definition) is 4. The number of piperidine rings is 1. The lowest BCUT2D eigenvalue weighted by atomic mass is 9.86. The smallest absolute Gasteiger partial charge is 0.257 e. The van der Waals surface area contributed by atoms with Crippen molar-refractivity contribution >= 4 is 32.2 Å². The molecular formula is C27H22FN3O3S. The summed E-state index contributed by atoms with van der Waals surface area (Å²) < 4.78 is 40.7. The molecule has 0 radical (unpaired) electrons. The lowest BCUT2D eigenvalue weighted by molar-refractivity contribution is 0.0745. The Morgan fingerprint density at radius 3 is 2.63 bits per heavy atom. The minimum atomic E-state index is -3.63. The van der Waals surface area contributed by atoms with Gasteiger partial charge in [-0.3, -0.25) is 9.78 Å². The maximum atomic E-state index is 14.4. The quantitative estimate of drug-likeness (QED) is 0.394. The van der Waals surface area contributed by atoms with Gasteiger partial charge in [0.05, 0.1) is 21.7 Å². The van der Waals surface area contributed by atoms with Gasteiger partial charge in [0, 0.05) is 42.6 Å². The molecule has 1 fully saturated rings. The Morgan fingerprint density at radius 1 is 1.00 bits per heavy atom. The third-order valence-electron chi connectivity index (χ3n) is 6.88. The highest BCUT2D eigenvalue weighted by atomic mass is 32.2. The number of rotatable bonds is 1. The molecule has 1 amide bonds. The molecule has 4 aromatic rings. The van der Waals surface area contributed by atoms with Crippen LogP contribution in [0.5, 0.6) is 0 Å². The molecule has 1 N–H and O–H groups in total. The van der Waals surface area contributed by atoms with Gasteiger partial charge in [-0.05, 0) is 53.8 Å². The molecule has 2 aromatic heterocycles. The molecule has 2 aliphatic heterocycles. The first-order valence-electron chi connectivity index (χ1n) is 11.5. The molecule has 0 saturated carbocycles. The van der Waals surface area contributed by atoms with E-state index in [1.54, 1.807) is 23.5 Å². The number of pyridine rings is 1. The third-order valence-corrected chi connectivity index (χ3v) is 8.60. The van der Waals surface area contributed by atoms with Crippen molar-refractivity contribution in [3.8, 4) is 0 Å². The van der Waals surface area contributed by atoms with Crippen molar-refractivity contribution in [1.82, 2.24) is 14.9 Å². The standard InChI is InChI=1S/C27H22FN3O3S/c28-20-5-6-24-22(13-20)25(21-4-2-1-3-19(21)16-35(24,33)34)17-8-11-31(12-9-17)27(32)23-15-29-14-18-7-10-30-26(18)23/h1-7,10,13-15,30H,8-9,11-12,16H2. The van der Waals surface area contributed by atoms with Crippen LogP contribution >= 0.6 is 0 Å². The number of hydrogen-bond donors (Lipinski definition) is 1. The van der Waals surface area contributed by atoms with E-state index in [9.17, 15) is 17.6 Å². The molecule has 2 aliphatic rings. The van der Waals surface area contributed by atoms with E-state index in [1.807, 2.05) is 30.3 Å². The van der Waals surface area contributed by atoms with E-state index in [0.717, 1.165) is 27.6 Å². The van der Waals surface area contributed by atoms with E-state index < -0.39 is 15.7 Å². The van der Waals surface area contributed by atoms with E-state index in [1.165, 1.54) is 18.2 Å². The number of likely N-dealkylation sites (tertiary alicyclic amines) is 1. The molecule has 0 aliphatic carbocycles. The van der Waals surface area contributed by atoms with E-state index in [4.69, 9.17) is 0 Å². The predicted octanol–water partition coefficient (Wildman–Crippen LogP) is 4.73. The fraction of sp³-hybridized carbons (Fsp3) is 0.185. The zero-order valence-corrected chi connectivity index (χ0v) is 19.6. The van der Waals surface area contributed by atoms with Crippen LogP contribution < -0.4 is 0 Å². The second-order valence-electron chi connectivity index (χ2n) is 8.96. The predicted molar refractivity (Wildman–Crippen MR) is 131 cm³/mol. The topological polar surface area (TPSA) is 83.1 Å². The lowest BCUT2D eigenvalue weighted by Gasteiger charge is -2.30. The number of sulfone groups is 1. The van der Waals surface area contributed by atoms with Gasteiger partial charge in [-0.15, -0.1) is 0 Å². The number of nitrogens with one attached hydrogen (secondary N) is 1.